The molecule has 11 heteroatoms. The summed E-state index contributed by atoms with van der Waals surface area (Å²) in [6.07, 6.45) is 1.27. The van der Waals surface area contributed by atoms with Crippen LogP contribution >= 0.6 is 23.1 Å². The predicted octanol–water partition coefficient (Wildman–Crippen LogP) is 8.26. The maximum absolute atomic E-state index is 14.5. The van der Waals surface area contributed by atoms with E-state index in [1.54, 1.807) is 74.5 Å². The van der Waals surface area contributed by atoms with Gasteiger partial charge in [0, 0.05) is 32.7 Å². The van der Waals surface area contributed by atoms with Crippen LogP contribution in [0.3, 0.4) is 0 Å². The SMILES string of the molecule is CCOC(=O)c1c(-c2ccccc2)csc1NC(=O)C(C)Sc1cccc(NC(=O)/C(=C/c2ccccc2F)NC(=O)c2ccccc2)c1. The van der Waals surface area contributed by atoms with Crippen LogP contribution < -0.4 is 16.0 Å². The van der Waals surface area contributed by atoms with Gasteiger partial charge >= 0.3 is 5.97 Å². The second-order valence-electron chi connectivity index (χ2n) is 10.6. The number of carbonyl (C=O) groups excluding carboxylic acids is 4. The Labute approximate surface area is 291 Å². The highest BCUT2D eigenvalue weighted by Gasteiger charge is 2.25. The van der Waals surface area contributed by atoms with Crippen molar-refractivity contribution in [3.8, 4) is 11.1 Å². The van der Waals surface area contributed by atoms with Crippen molar-refractivity contribution in [2.75, 3.05) is 17.2 Å². The second kappa shape index (κ2) is 16.5. The van der Waals surface area contributed by atoms with Crippen LogP contribution in [0, 0.1) is 5.82 Å². The van der Waals surface area contributed by atoms with Crippen LogP contribution in [0.4, 0.5) is 15.1 Å². The van der Waals surface area contributed by atoms with Gasteiger partial charge < -0.3 is 20.7 Å². The molecule has 5 aromatic rings. The molecule has 4 aromatic carbocycles. The monoisotopic (exact) mass is 693 g/mol. The number of halogens is 1. The molecule has 248 valence electrons. The molecule has 1 atom stereocenters. The number of rotatable bonds is 12. The summed E-state index contributed by atoms with van der Waals surface area (Å²) >= 11 is 2.50. The Morgan fingerprint density at radius 1 is 0.878 bits per heavy atom. The zero-order chi connectivity index (χ0) is 34.8. The van der Waals surface area contributed by atoms with Crippen LogP contribution in [0.1, 0.15) is 40.1 Å². The number of benzene rings is 4. The highest BCUT2D eigenvalue weighted by atomic mass is 32.2. The molecule has 1 unspecified atom stereocenters. The van der Waals surface area contributed by atoms with Gasteiger partial charge in [-0.25, -0.2) is 9.18 Å². The molecule has 0 radical (unpaired) electrons. The van der Waals surface area contributed by atoms with Gasteiger partial charge in [-0.05, 0) is 61.9 Å². The Morgan fingerprint density at radius 2 is 1.57 bits per heavy atom. The van der Waals surface area contributed by atoms with E-state index in [2.05, 4.69) is 16.0 Å². The van der Waals surface area contributed by atoms with Crippen molar-refractivity contribution in [3.63, 3.8) is 0 Å². The average molecular weight is 694 g/mol. The summed E-state index contributed by atoms with van der Waals surface area (Å²) in [7, 11) is 0. The van der Waals surface area contributed by atoms with E-state index in [-0.39, 0.29) is 23.8 Å². The molecule has 0 saturated heterocycles. The Morgan fingerprint density at radius 3 is 2.29 bits per heavy atom. The third-order valence-corrected chi connectivity index (χ3v) is 9.09. The normalized spacial score (nSPS) is 11.7. The first-order chi connectivity index (χ1) is 23.7. The summed E-state index contributed by atoms with van der Waals surface area (Å²) in [5.41, 5.74) is 2.49. The van der Waals surface area contributed by atoms with Crippen LogP contribution in [0.2, 0.25) is 0 Å². The molecule has 8 nitrogen and oxygen atoms in total. The largest absolute Gasteiger partial charge is 0.462 e. The Hall–Kier alpha value is -5.52. The minimum absolute atomic E-state index is 0.123. The molecule has 0 bridgehead atoms. The predicted molar refractivity (Wildman–Crippen MR) is 193 cm³/mol. The fraction of sp³-hybridized carbons (Fsp3) is 0.105. The molecular weight excluding hydrogens is 662 g/mol. The second-order valence-corrected chi connectivity index (χ2v) is 12.9. The number of esters is 1. The minimum Gasteiger partial charge on any atom is -0.462 e. The first kappa shape index (κ1) is 34.8. The highest BCUT2D eigenvalue weighted by Crippen LogP contribution is 2.37. The Kier molecular flexibility index (Phi) is 11.7. The van der Waals surface area contributed by atoms with Crippen molar-refractivity contribution in [1.29, 1.82) is 0 Å². The minimum atomic E-state index is -0.668. The van der Waals surface area contributed by atoms with Crippen LogP contribution in [0.15, 0.2) is 125 Å². The lowest BCUT2D eigenvalue weighted by Crippen LogP contribution is -2.30. The lowest BCUT2D eigenvalue weighted by Gasteiger charge is -2.14. The van der Waals surface area contributed by atoms with E-state index in [4.69, 9.17) is 4.74 Å². The number of hydrogen-bond acceptors (Lipinski definition) is 7. The molecular formula is C38H32FN3O5S2. The topological polar surface area (TPSA) is 114 Å². The molecule has 0 fully saturated rings. The maximum atomic E-state index is 14.5. The molecule has 0 aliphatic heterocycles. The summed E-state index contributed by atoms with van der Waals surface area (Å²) in [6.45, 7) is 3.64. The number of thiophene rings is 1. The smallest absolute Gasteiger partial charge is 0.341 e. The van der Waals surface area contributed by atoms with Gasteiger partial charge in [0.1, 0.15) is 22.1 Å². The maximum Gasteiger partial charge on any atom is 0.341 e. The fourth-order valence-corrected chi connectivity index (χ4v) is 6.58. The molecule has 0 aliphatic carbocycles. The standard InChI is InChI=1S/C38H32FN3O5S2/c1-3-47-38(46)33-30(25-13-6-4-7-14-25)23-48-37(33)42-34(43)24(2)49-29-19-12-18-28(22-29)40-36(45)32(21-27-17-10-11-20-31(27)39)41-35(44)26-15-8-5-9-16-26/h4-24H,3H2,1-2H3,(H,40,45)(H,41,44)(H,42,43)/b32-21-. The summed E-state index contributed by atoms with van der Waals surface area (Å²) in [5.74, 6) is -2.61. The number of nitrogens with one attached hydrogen (secondary N) is 3. The van der Waals surface area contributed by atoms with Crippen LogP contribution in [-0.4, -0.2) is 35.5 Å². The lowest BCUT2D eigenvalue weighted by molar-refractivity contribution is -0.115. The van der Waals surface area contributed by atoms with E-state index in [0.29, 0.717) is 32.3 Å². The van der Waals surface area contributed by atoms with E-state index >= 15 is 0 Å². The van der Waals surface area contributed by atoms with Gasteiger partial charge in [0.25, 0.3) is 11.8 Å². The first-order valence-electron chi connectivity index (χ1n) is 15.3. The van der Waals surface area contributed by atoms with E-state index in [1.165, 1.54) is 47.4 Å². The van der Waals surface area contributed by atoms with Crippen molar-refractivity contribution in [1.82, 2.24) is 5.32 Å². The Balaban J connectivity index is 1.30. The van der Waals surface area contributed by atoms with Crippen LogP contribution in [0.25, 0.3) is 17.2 Å². The summed E-state index contributed by atoms with van der Waals surface area (Å²) in [4.78, 5) is 53.3. The van der Waals surface area contributed by atoms with Crippen molar-refractivity contribution in [3.05, 3.63) is 143 Å². The van der Waals surface area contributed by atoms with Gasteiger partial charge in [-0.2, -0.15) is 0 Å². The molecule has 49 heavy (non-hydrogen) atoms. The van der Waals surface area contributed by atoms with Gasteiger partial charge in [0.15, 0.2) is 0 Å². The van der Waals surface area contributed by atoms with E-state index in [9.17, 15) is 23.6 Å². The van der Waals surface area contributed by atoms with Crippen molar-refractivity contribution >= 4 is 63.6 Å². The van der Waals surface area contributed by atoms with Crippen molar-refractivity contribution < 1.29 is 28.3 Å². The average Bonchev–Trinajstić information content (AvgIpc) is 3.53. The fourth-order valence-electron chi connectivity index (χ4n) is 4.69. The Bertz CT molecular complexity index is 2000. The molecule has 3 amide bonds. The van der Waals surface area contributed by atoms with Gasteiger partial charge in [-0.15, -0.1) is 23.1 Å². The number of thioether (sulfide) groups is 1. The lowest BCUT2D eigenvalue weighted by atomic mass is 10.0. The van der Waals surface area contributed by atoms with Crippen molar-refractivity contribution in [2.24, 2.45) is 0 Å². The third kappa shape index (κ3) is 9.10. The van der Waals surface area contributed by atoms with E-state index in [1.807, 2.05) is 35.7 Å². The van der Waals surface area contributed by atoms with Crippen LogP contribution in [0.5, 0.6) is 0 Å². The first-order valence-corrected chi connectivity index (χ1v) is 17.0. The van der Waals surface area contributed by atoms with Crippen LogP contribution in [-0.2, 0) is 14.3 Å². The zero-order valence-corrected chi connectivity index (χ0v) is 28.2. The molecule has 1 heterocycles. The van der Waals surface area contributed by atoms with Gasteiger partial charge in [-0.3, -0.25) is 14.4 Å². The zero-order valence-electron chi connectivity index (χ0n) is 26.6. The van der Waals surface area contributed by atoms with Crippen molar-refractivity contribution in [2.45, 2.75) is 24.0 Å². The number of anilines is 2. The number of amides is 3. The number of carbonyl (C=O) groups is 4. The molecule has 0 spiro atoms. The molecule has 0 aliphatic rings. The quantitative estimate of drug-likeness (QED) is 0.0689. The van der Waals surface area contributed by atoms with E-state index < -0.39 is 28.9 Å². The molecule has 3 N–H and O–H groups in total. The molecule has 0 saturated carbocycles. The third-order valence-electron chi connectivity index (χ3n) is 7.10. The molecule has 1 aromatic heterocycles. The highest BCUT2D eigenvalue weighted by molar-refractivity contribution is 8.00. The molecule has 5 rings (SSSR count). The summed E-state index contributed by atoms with van der Waals surface area (Å²) < 4.78 is 19.8. The summed E-state index contributed by atoms with van der Waals surface area (Å²) in [6, 6.07) is 30.5. The van der Waals surface area contributed by atoms with Gasteiger partial charge in [0.05, 0.1) is 11.9 Å². The van der Waals surface area contributed by atoms with E-state index in [0.717, 1.165) is 5.56 Å². The van der Waals surface area contributed by atoms with Gasteiger partial charge in [-0.1, -0.05) is 72.8 Å². The number of hydrogen-bond donors (Lipinski definition) is 3. The van der Waals surface area contributed by atoms with Gasteiger partial charge in [0.2, 0.25) is 5.91 Å². The summed E-state index contributed by atoms with van der Waals surface area (Å²) in [5, 5.41) is 9.87. The number of ether oxygens (including phenoxy) is 1.